The Hall–Kier alpha value is -2.02. The molecule has 0 aliphatic carbocycles. The molecule has 0 spiro atoms. The summed E-state index contributed by atoms with van der Waals surface area (Å²) in [5, 5.41) is 4.37. The highest BCUT2D eigenvalue weighted by Gasteiger charge is 2.17. The van der Waals surface area contributed by atoms with Crippen LogP contribution in [0.3, 0.4) is 0 Å². The molecular weight excluding hydrogens is 322 g/mol. The fourth-order valence-electron chi connectivity index (χ4n) is 2.33. The third-order valence-electron chi connectivity index (χ3n) is 3.22. The number of anilines is 1. The molecule has 3 aromatic rings. The number of methoxy groups -OCH3 is 1. The van der Waals surface area contributed by atoms with E-state index in [1.165, 1.54) is 0 Å². The van der Waals surface area contributed by atoms with E-state index >= 15 is 0 Å². The molecule has 0 aliphatic rings. The van der Waals surface area contributed by atoms with Crippen LogP contribution in [0.5, 0.6) is 5.75 Å². The van der Waals surface area contributed by atoms with Crippen molar-refractivity contribution in [1.82, 2.24) is 19.3 Å². The normalized spacial score (nSPS) is 11.2. The quantitative estimate of drug-likeness (QED) is 0.780. The smallest absolute Gasteiger partial charge is 0.207 e. The molecule has 0 saturated heterocycles. The molecule has 0 bridgehead atoms. The van der Waals surface area contributed by atoms with E-state index in [9.17, 15) is 0 Å². The van der Waals surface area contributed by atoms with Crippen LogP contribution in [-0.4, -0.2) is 26.4 Å². The minimum atomic E-state index is 0.431. The van der Waals surface area contributed by atoms with E-state index in [4.69, 9.17) is 10.5 Å². The summed E-state index contributed by atoms with van der Waals surface area (Å²) in [6.45, 7) is 1.92. The van der Waals surface area contributed by atoms with E-state index < -0.39 is 0 Å². The van der Waals surface area contributed by atoms with Crippen molar-refractivity contribution in [1.29, 1.82) is 0 Å². The van der Waals surface area contributed by atoms with Gasteiger partial charge < -0.3 is 10.5 Å². The van der Waals surface area contributed by atoms with Crippen LogP contribution in [0.15, 0.2) is 22.7 Å². The number of benzene rings is 1. The molecule has 2 aromatic heterocycles. The average molecular weight is 336 g/mol. The van der Waals surface area contributed by atoms with Gasteiger partial charge in [-0.25, -0.2) is 9.67 Å². The lowest BCUT2D eigenvalue weighted by atomic mass is 10.3. The average Bonchev–Trinajstić information content (AvgIpc) is 2.89. The van der Waals surface area contributed by atoms with Gasteiger partial charge in [-0.05, 0) is 35.0 Å². The van der Waals surface area contributed by atoms with Crippen LogP contribution >= 0.6 is 15.9 Å². The van der Waals surface area contributed by atoms with E-state index in [2.05, 4.69) is 26.0 Å². The summed E-state index contributed by atoms with van der Waals surface area (Å²) in [6.07, 6.45) is 0. The summed E-state index contributed by atoms with van der Waals surface area (Å²) >= 11 is 3.44. The molecule has 0 radical (unpaired) electrons. The van der Waals surface area contributed by atoms with Crippen LogP contribution in [0.2, 0.25) is 0 Å². The standard InChI is InChI=1S/C13H14BrN5O/c1-7-11-12(18(2)17-7)19(13(15)16-11)8-4-5-9(14)10(6-8)20-3/h4-6H,1-3H3,(H2,15,16). The summed E-state index contributed by atoms with van der Waals surface area (Å²) in [6, 6.07) is 5.78. The van der Waals surface area contributed by atoms with Gasteiger partial charge in [-0.1, -0.05) is 0 Å². The molecule has 20 heavy (non-hydrogen) atoms. The van der Waals surface area contributed by atoms with Crippen LogP contribution in [0.25, 0.3) is 16.9 Å². The second-order valence-electron chi connectivity index (χ2n) is 4.51. The third kappa shape index (κ3) is 1.77. The highest BCUT2D eigenvalue weighted by atomic mass is 79.9. The zero-order chi connectivity index (χ0) is 14.4. The number of hydrogen-bond acceptors (Lipinski definition) is 4. The Morgan fingerprint density at radius 2 is 2.10 bits per heavy atom. The van der Waals surface area contributed by atoms with E-state index in [1.807, 2.05) is 36.7 Å². The van der Waals surface area contributed by atoms with Gasteiger partial charge >= 0.3 is 0 Å². The first-order valence-electron chi connectivity index (χ1n) is 6.04. The number of halogens is 1. The second-order valence-corrected chi connectivity index (χ2v) is 5.36. The largest absolute Gasteiger partial charge is 0.495 e. The van der Waals surface area contributed by atoms with Gasteiger partial charge in [0, 0.05) is 13.1 Å². The number of nitrogens with two attached hydrogens (primary N) is 1. The van der Waals surface area contributed by atoms with Gasteiger partial charge in [0.25, 0.3) is 0 Å². The van der Waals surface area contributed by atoms with Crippen LogP contribution in [-0.2, 0) is 7.05 Å². The Labute approximate surface area is 124 Å². The Morgan fingerprint density at radius 1 is 1.35 bits per heavy atom. The number of nitrogens with zero attached hydrogens (tertiary/aromatic N) is 4. The Morgan fingerprint density at radius 3 is 2.80 bits per heavy atom. The maximum absolute atomic E-state index is 6.06. The van der Waals surface area contributed by atoms with Crippen molar-refractivity contribution < 1.29 is 4.74 Å². The zero-order valence-corrected chi connectivity index (χ0v) is 13.0. The minimum Gasteiger partial charge on any atom is -0.495 e. The molecule has 2 heterocycles. The predicted molar refractivity (Wildman–Crippen MR) is 81.2 cm³/mol. The van der Waals surface area contributed by atoms with Crippen LogP contribution in [0.4, 0.5) is 5.95 Å². The first-order valence-corrected chi connectivity index (χ1v) is 6.83. The number of rotatable bonds is 2. The molecule has 1 aromatic carbocycles. The minimum absolute atomic E-state index is 0.431. The van der Waals surface area contributed by atoms with Gasteiger partial charge in [-0.15, -0.1) is 0 Å². The number of aromatic nitrogens is 4. The number of nitrogen functional groups attached to an aromatic ring is 1. The number of fused-ring (bicyclic) bond motifs is 1. The van der Waals surface area contributed by atoms with Crippen molar-refractivity contribution >= 4 is 33.0 Å². The maximum Gasteiger partial charge on any atom is 0.207 e. The summed E-state index contributed by atoms with van der Waals surface area (Å²) < 4.78 is 9.86. The van der Waals surface area contributed by atoms with Gasteiger partial charge in [0.05, 0.1) is 23.0 Å². The molecule has 0 atom stereocenters. The van der Waals surface area contributed by atoms with Gasteiger partial charge in [-0.2, -0.15) is 5.10 Å². The van der Waals surface area contributed by atoms with Crippen molar-refractivity contribution in [3.63, 3.8) is 0 Å². The van der Waals surface area contributed by atoms with Crippen LogP contribution < -0.4 is 10.5 Å². The Balaban J connectivity index is 2.31. The first kappa shape index (κ1) is 13.0. The number of hydrogen-bond donors (Lipinski definition) is 1. The molecular formula is C13H14BrN5O. The summed E-state index contributed by atoms with van der Waals surface area (Å²) in [5.41, 5.74) is 9.47. The summed E-state index contributed by atoms with van der Waals surface area (Å²) in [4.78, 5) is 4.39. The SMILES string of the molecule is COc1cc(-n2c(N)nc3c(C)nn(C)c32)ccc1Br. The fourth-order valence-corrected chi connectivity index (χ4v) is 2.74. The van der Waals surface area contributed by atoms with Crippen molar-refractivity contribution in [2.24, 2.45) is 7.05 Å². The first-order chi connectivity index (χ1) is 9.52. The molecule has 0 fully saturated rings. The molecule has 104 valence electrons. The lowest BCUT2D eigenvalue weighted by Gasteiger charge is -2.10. The number of ether oxygens (including phenoxy) is 1. The van der Waals surface area contributed by atoms with Crippen LogP contribution in [0, 0.1) is 6.92 Å². The van der Waals surface area contributed by atoms with E-state index in [-0.39, 0.29) is 0 Å². The lowest BCUT2D eigenvalue weighted by Crippen LogP contribution is -2.05. The molecule has 3 rings (SSSR count). The Kier molecular flexibility index (Phi) is 2.93. The summed E-state index contributed by atoms with van der Waals surface area (Å²) in [5.74, 6) is 1.17. The zero-order valence-electron chi connectivity index (χ0n) is 11.4. The number of imidazole rings is 1. The highest BCUT2D eigenvalue weighted by molar-refractivity contribution is 9.10. The molecule has 6 nitrogen and oxygen atoms in total. The maximum atomic E-state index is 6.06. The van der Waals surface area contributed by atoms with E-state index in [1.54, 1.807) is 11.8 Å². The lowest BCUT2D eigenvalue weighted by molar-refractivity contribution is 0.412. The molecule has 7 heteroatoms. The third-order valence-corrected chi connectivity index (χ3v) is 3.88. The van der Waals surface area contributed by atoms with Gasteiger partial charge in [0.15, 0.2) is 5.65 Å². The molecule has 0 saturated carbocycles. The van der Waals surface area contributed by atoms with Gasteiger partial charge in [0.2, 0.25) is 5.95 Å². The number of aryl methyl sites for hydroxylation is 2. The Bertz CT molecular complexity index is 805. The topological polar surface area (TPSA) is 70.9 Å². The van der Waals surface area contributed by atoms with Gasteiger partial charge in [-0.3, -0.25) is 4.57 Å². The van der Waals surface area contributed by atoms with Crippen molar-refractivity contribution in [3.8, 4) is 11.4 Å². The highest BCUT2D eigenvalue weighted by Crippen LogP contribution is 2.30. The van der Waals surface area contributed by atoms with Crippen molar-refractivity contribution in [3.05, 3.63) is 28.4 Å². The van der Waals surface area contributed by atoms with Gasteiger partial charge in [0.1, 0.15) is 11.3 Å². The molecule has 0 unspecified atom stereocenters. The van der Waals surface area contributed by atoms with E-state index in [0.29, 0.717) is 5.95 Å². The van der Waals surface area contributed by atoms with Crippen LogP contribution in [0.1, 0.15) is 5.69 Å². The fraction of sp³-hybridized carbons (Fsp3) is 0.231. The van der Waals surface area contributed by atoms with Crippen molar-refractivity contribution in [2.75, 3.05) is 12.8 Å². The van der Waals surface area contributed by atoms with Crippen molar-refractivity contribution in [2.45, 2.75) is 6.92 Å². The monoisotopic (exact) mass is 335 g/mol. The summed E-state index contributed by atoms with van der Waals surface area (Å²) in [7, 11) is 3.51. The van der Waals surface area contributed by atoms with E-state index in [0.717, 1.165) is 32.8 Å². The molecule has 2 N–H and O–H groups in total. The molecule has 0 aliphatic heterocycles. The predicted octanol–water partition coefficient (Wildman–Crippen LogP) is 2.42. The molecule has 0 amide bonds. The second kappa shape index (κ2) is 4.52.